The number of hydrogen-bond acceptors (Lipinski definition) is 5. The first kappa shape index (κ1) is 17.5. The van der Waals surface area contributed by atoms with Crippen LogP contribution in [0.25, 0.3) is 0 Å². The third-order valence-corrected chi connectivity index (χ3v) is 5.37. The van der Waals surface area contributed by atoms with Crippen molar-refractivity contribution in [3.63, 3.8) is 0 Å². The molecular weight excluding hydrogens is 350 g/mol. The lowest BCUT2D eigenvalue weighted by molar-refractivity contribution is 0.102. The lowest BCUT2D eigenvalue weighted by Crippen LogP contribution is -2.13. The van der Waals surface area contributed by atoms with Gasteiger partial charge in [-0.2, -0.15) is 0 Å². The molecule has 1 aromatic heterocycles. The maximum absolute atomic E-state index is 12.7. The van der Waals surface area contributed by atoms with Crippen molar-refractivity contribution >= 4 is 40.4 Å². The van der Waals surface area contributed by atoms with Gasteiger partial charge in [0.1, 0.15) is 0 Å². The minimum absolute atomic E-state index is 0.0982. The number of thioether (sulfide) groups is 1. The number of rotatable bonds is 6. The topological polar surface area (TPSA) is 45.2 Å². The Bertz CT molecular complexity index is 830. The van der Waals surface area contributed by atoms with Gasteiger partial charge < -0.3 is 10.2 Å². The molecule has 0 aliphatic rings. The van der Waals surface area contributed by atoms with E-state index in [1.54, 1.807) is 23.1 Å². The number of thiazole rings is 1. The van der Waals surface area contributed by atoms with E-state index in [1.165, 1.54) is 0 Å². The number of nitrogens with one attached hydrogen (secondary N) is 1. The number of nitrogens with zero attached hydrogens (tertiary/aromatic N) is 2. The summed E-state index contributed by atoms with van der Waals surface area (Å²) in [7, 11) is 3.98. The summed E-state index contributed by atoms with van der Waals surface area (Å²) in [5, 5.41) is 5.00. The largest absolute Gasteiger partial charge is 0.378 e. The number of amides is 1. The fourth-order valence-electron chi connectivity index (χ4n) is 2.28. The molecule has 3 rings (SSSR count). The predicted octanol–water partition coefficient (Wildman–Crippen LogP) is 4.75. The van der Waals surface area contributed by atoms with Crippen LogP contribution in [-0.4, -0.2) is 25.0 Å². The van der Waals surface area contributed by atoms with Gasteiger partial charge in [-0.15, -0.1) is 23.1 Å². The van der Waals surface area contributed by atoms with Gasteiger partial charge in [0.25, 0.3) is 5.91 Å². The van der Waals surface area contributed by atoms with Crippen molar-refractivity contribution in [1.82, 2.24) is 4.98 Å². The smallest absolute Gasteiger partial charge is 0.256 e. The summed E-state index contributed by atoms with van der Waals surface area (Å²) in [5.74, 6) is 0.657. The van der Waals surface area contributed by atoms with E-state index in [1.807, 2.05) is 78.4 Å². The summed E-state index contributed by atoms with van der Waals surface area (Å²) in [6.07, 6.45) is 0. The zero-order chi connectivity index (χ0) is 17.6. The molecule has 1 amide bonds. The molecule has 0 aliphatic carbocycles. The Kier molecular flexibility index (Phi) is 5.73. The molecule has 6 heteroatoms. The van der Waals surface area contributed by atoms with Crippen molar-refractivity contribution in [3.8, 4) is 0 Å². The van der Waals surface area contributed by atoms with E-state index in [4.69, 9.17) is 0 Å². The molecule has 128 valence electrons. The first-order valence-corrected chi connectivity index (χ1v) is 9.74. The molecule has 3 aromatic rings. The van der Waals surface area contributed by atoms with Crippen molar-refractivity contribution < 1.29 is 4.79 Å². The van der Waals surface area contributed by atoms with Crippen molar-refractivity contribution in [2.75, 3.05) is 24.3 Å². The first-order chi connectivity index (χ1) is 12.1. The Balaban J connectivity index is 1.71. The van der Waals surface area contributed by atoms with Gasteiger partial charge in [0.05, 0.1) is 16.8 Å². The second-order valence-electron chi connectivity index (χ2n) is 5.66. The summed E-state index contributed by atoms with van der Waals surface area (Å²) in [6, 6.07) is 15.5. The van der Waals surface area contributed by atoms with Crippen LogP contribution in [0.5, 0.6) is 0 Å². The third-order valence-electron chi connectivity index (χ3n) is 3.63. The van der Waals surface area contributed by atoms with Crippen molar-refractivity contribution in [3.05, 3.63) is 70.7 Å². The van der Waals surface area contributed by atoms with Gasteiger partial charge >= 0.3 is 0 Å². The van der Waals surface area contributed by atoms with Crippen LogP contribution in [0, 0.1) is 0 Å². The van der Waals surface area contributed by atoms with Gasteiger partial charge in [-0.1, -0.05) is 12.1 Å². The van der Waals surface area contributed by atoms with Gasteiger partial charge in [0.2, 0.25) is 0 Å². The molecular formula is C19H19N3OS2. The molecule has 0 radical (unpaired) electrons. The van der Waals surface area contributed by atoms with E-state index >= 15 is 0 Å². The van der Waals surface area contributed by atoms with Crippen LogP contribution in [0.4, 0.5) is 11.4 Å². The van der Waals surface area contributed by atoms with Crippen LogP contribution in [0.2, 0.25) is 0 Å². The van der Waals surface area contributed by atoms with E-state index in [0.717, 1.165) is 27.7 Å². The molecule has 1 N–H and O–H groups in total. The number of carbonyl (C=O) groups is 1. The van der Waals surface area contributed by atoms with E-state index in [0.29, 0.717) is 5.56 Å². The highest BCUT2D eigenvalue weighted by atomic mass is 32.2. The van der Waals surface area contributed by atoms with E-state index < -0.39 is 0 Å². The SMILES string of the molecule is CN(C)c1ccc(NC(=O)c2ccccc2SCc2cscn2)cc1. The molecule has 0 spiro atoms. The minimum atomic E-state index is -0.0982. The van der Waals surface area contributed by atoms with E-state index in [-0.39, 0.29) is 5.91 Å². The Morgan fingerprint density at radius 1 is 1.16 bits per heavy atom. The number of hydrogen-bond donors (Lipinski definition) is 1. The van der Waals surface area contributed by atoms with Crippen LogP contribution in [0.3, 0.4) is 0 Å². The summed E-state index contributed by atoms with van der Waals surface area (Å²) in [6.45, 7) is 0. The summed E-state index contributed by atoms with van der Waals surface area (Å²) < 4.78 is 0. The van der Waals surface area contributed by atoms with Crippen LogP contribution < -0.4 is 10.2 Å². The van der Waals surface area contributed by atoms with Crippen LogP contribution in [0.15, 0.2) is 64.3 Å². The third kappa shape index (κ3) is 4.61. The molecule has 4 nitrogen and oxygen atoms in total. The average molecular weight is 370 g/mol. The number of anilines is 2. The van der Waals surface area contributed by atoms with E-state index in [9.17, 15) is 4.79 Å². The molecule has 0 atom stereocenters. The Labute approximate surface area is 155 Å². The normalized spacial score (nSPS) is 10.5. The van der Waals surface area contributed by atoms with Gasteiger partial charge in [0.15, 0.2) is 0 Å². The Hall–Kier alpha value is -2.31. The molecule has 1 heterocycles. The monoisotopic (exact) mass is 369 g/mol. The highest BCUT2D eigenvalue weighted by molar-refractivity contribution is 7.98. The first-order valence-electron chi connectivity index (χ1n) is 7.81. The zero-order valence-corrected chi connectivity index (χ0v) is 15.7. The van der Waals surface area contributed by atoms with Crippen molar-refractivity contribution in [1.29, 1.82) is 0 Å². The standard InChI is InChI=1S/C19H19N3OS2/c1-22(2)16-9-7-14(8-10-16)21-19(23)17-5-3-4-6-18(17)25-12-15-11-24-13-20-15/h3-11,13H,12H2,1-2H3,(H,21,23). The number of carbonyl (C=O) groups excluding carboxylic acids is 1. The molecule has 0 saturated carbocycles. The Morgan fingerprint density at radius 2 is 1.92 bits per heavy atom. The second-order valence-corrected chi connectivity index (χ2v) is 7.40. The fraction of sp³-hybridized carbons (Fsp3) is 0.158. The summed E-state index contributed by atoms with van der Waals surface area (Å²) in [5.41, 5.74) is 5.42. The van der Waals surface area contributed by atoms with Crippen molar-refractivity contribution in [2.45, 2.75) is 10.6 Å². The molecule has 0 unspecified atom stereocenters. The maximum Gasteiger partial charge on any atom is 0.256 e. The quantitative estimate of drug-likeness (QED) is 0.637. The lowest BCUT2D eigenvalue weighted by atomic mass is 10.2. The molecule has 0 bridgehead atoms. The van der Waals surface area contributed by atoms with Crippen LogP contribution in [-0.2, 0) is 5.75 Å². The van der Waals surface area contributed by atoms with Gasteiger partial charge in [-0.05, 0) is 36.4 Å². The van der Waals surface area contributed by atoms with Crippen LogP contribution >= 0.6 is 23.1 Å². The maximum atomic E-state index is 12.7. The molecule has 0 aliphatic heterocycles. The molecule has 0 fully saturated rings. The van der Waals surface area contributed by atoms with Gasteiger partial charge in [0, 0.05) is 41.5 Å². The average Bonchev–Trinajstić information content (AvgIpc) is 3.14. The van der Waals surface area contributed by atoms with Crippen molar-refractivity contribution in [2.24, 2.45) is 0 Å². The zero-order valence-electron chi connectivity index (χ0n) is 14.1. The molecule has 2 aromatic carbocycles. The molecule has 0 saturated heterocycles. The number of benzene rings is 2. The Morgan fingerprint density at radius 3 is 2.60 bits per heavy atom. The van der Waals surface area contributed by atoms with E-state index in [2.05, 4.69) is 10.3 Å². The van der Waals surface area contributed by atoms with Gasteiger partial charge in [-0.3, -0.25) is 4.79 Å². The summed E-state index contributed by atoms with van der Waals surface area (Å²) >= 11 is 3.21. The van der Waals surface area contributed by atoms with Gasteiger partial charge in [-0.25, -0.2) is 4.98 Å². The van der Waals surface area contributed by atoms with Crippen LogP contribution in [0.1, 0.15) is 16.1 Å². The predicted molar refractivity (Wildman–Crippen MR) is 107 cm³/mol. The lowest BCUT2D eigenvalue weighted by Gasteiger charge is -2.13. The highest BCUT2D eigenvalue weighted by Crippen LogP contribution is 2.27. The highest BCUT2D eigenvalue weighted by Gasteiger charge is 2.12. The number of aromatic nitrogens is 1. The fourth-order valence-corrected chi connectivity index (χ4v) is 3.90. The second kappa shape index (κ2) is 8.18. The molecule has 25 heavy (non-hydrogen) atoms. The summed E-state index contributed by atoms with van der Waals surface area (Å²) in [4.78, 5) is 19.9. The minimum Gasteiger partial charge on any atom is -0.378 e.